The number of benzene rings is 2. The molecule has 2 aliphatic rings. The highest BCUT2D eigenvalue weighted by atomic mass is 16.6. The van der Waals surface area contributed by atoms with E-state index >= 15 is 0 Å². The summed E-state index contributed by atoms with van der Waals surface area (Å²) in [5.74, 6) is 0.355. The topological polar surface area (TPSA) is 89.9 Å². The SMILES string of the molecule is Cc1cc(C(=O)CN2C(=O)N[C@@](C)(c3ccc4c(c3)OCCO4)C2=O)c(C)n1Cc1ccccc1. The van der Waals surface area contributed by atoms with Crippen LogP contribution in [0.15, 0.2) is 54.6 Å². The van der Waals surface area contributed by atoms with E-state index in [2.05, 4.69) is 9.88 Å². The van der Waals surface area contributed by atoms with Crippen LogP contribution in [0.2, 0.25) is 0 Å². The highest BCUT2D eigenvalue weighted by molar-refractivity contribution is 6.11. The van der Waals surface area contributed by atoms with Crippen molar-refractivity contribution in [3.63, 3.8) is 0 Å². The maximum absolute atomic E-state index is 13.4. The molecular weight excluding hydrogens is 446 g/mol. The predicted molar refractivity (Wildman–Crippen MR) is 129 cm³/mol. The van der Waals surface area contributed by atoms with Crippen LogP contribution in [0, 0.1) is 13.8 Å². The summed E-state index contributed by atoms with van der Waals surface area (Å²) in [4.78, 5) is 40.4. The van der Waals surface area contributed by atoms with E-state index in [1.54, 1.807) is 25.1 Å². The van der Waals surface area contributed by atoms with E-state index in [0.717, 1.165) is 21.9 Å². The molecule has 0 unspecified atom stereocenters. The summed E-state index contributed by atoms with van der Waals surface area (Å²) in [6.07, 6.45) is 0. The molecule has 0 radical (unpaired) electrons. The third-order valence-electron chi connectivity index (χ3n) is 6.75. The Bertz CT molecular complexity index is 1330. The van der Waals surface area contributed by atoms with Gasteiger partial charge in [-0.15, -0.1) is 0 Å². The van der Waals surface area contributed by atoms with Crippen molar-refractivity contribution in [2.45, 2.75) is 32.9 Å². The first-order valence-corrected chi connectivity index (χ1v) is 11.6. The normalized spacial score (nSPS) is 19.1. The molecule has 1 saturated heterocycles. The van der Waals surface area contributed by atoms with E-state index in [-0.39, 0.29) is 12.3 Å². The molecule has 1 aromatic heterocycles. The molecule has 8 nitrogen and oxygen atoms in total. The molecule has 0 spiro atoms. The third-order valence-corrected chi connectivity index (χ3v) is 6.75. The zero-order valence-electron chi connectivity index (χ0n) is 20.0. The highest BCUT2D eigenvalue weighted by Gasteiger charge is 2.50. The molecule has 0 saturated carbocycles. The predicted octanol–water partition coefficient (Wildman–Crippen LogP) is 3.57. The summed E-state index contributed by atoms with van der Waals surface area (Å²) in [5.41, 5.74) is 2.63. The number of Topliss-reactive ketones (excluding diaryl/α,β-unsaturated/α-hetero) is 1. The van der Waals surface area contributed by atoms with Gasteiger partial charge in [0.2, 0.25) is 0 Å². The second-order valence-corrected chi connectivity index (χ2v) is 9.08. The first-order valence-electron chi connectivity index (χ1n) is 11.6. The van der Waals surface area contributed by atoms with Crippen molar-refractivity contribution in [3.05, 3.63) is 82.7 Å². The molecular formula is C27H27N3O5. The minimum absolute atomic E-state index is 0.285. The summed E-state index contributed by atoms with van der Waals surface area (Å²) in [5, 5.41) is 2.76. The molecule has 0 aliphatic carbocycles. The van der Waals surface area contributed by atoms with Gasteiger partial charge in [0.15, 0.2) is 17.3 Å². The molecule has 3 amide bonds. The average Bonchev–Trinajstić information content (AvgIpc) is 3.26. The number of aromatic nitrogens is 1. The molecule has 5 rings (SSSR count). The lowest BCUT2D eigenvalue weighted by Gasteiger charge is -2.25. The first-order chi connectivity index (χ1) is 16.8. The fourth-order valence-corrected chi connectivity index (χ4v) is 4.71. The van der Waals surface area contributed by atoms with Gasteiger partial charge < -0.3 is 19.4 Å². The number of rotatable bonds is 6. The number of nitrogens with zero attached hydrogens (tertiary/aromatic N) is 2. The van der Waals surface area contributed by atoms with Gasteiger partial charge in [0.1, 0.15) is 18.8 Å². The van der Waals surface area contributed by atoms with Crippen LogP contribution in [0.1, 0.15) is 39.8 Å². The second kappa shape index (κ2) is 8.61. The number of hydrogen-bond donors (Lipinski definition) is 1. The number of amides is 3. The number of ether oxygens (including phenoxy) is 2. The van der Waals surface area contributed by atoms with Crippen LogP contribution in [0.4, 0.5) is 4.79 Å². The summed E-state index contributed by atoms with van der Waals surface area (Å²) in [6, 6.07) is 16.4. The molecule has 0 bridgehead atoms. The standard InChI is InChI=1S/C27H27N3O5/c1-17-13-21(18(2)29(17)15-19-7-5-4-6-8-19)22(31)16-30-25(32)27(3,28-26(30)33)20-9-10-23-24(14-20)35-12-11-34-23/h4-10,13-14H,11-12,15-16H2,1-3H3,(H,28,33)/t27-/m0/s1. The first kappa shape index (κ1) is 22.7. The lowest BCUT2D eigenvalue weighted by Crippen LogP contribution is -2.41. The fourth-order valence-electron chi connectivity index (χ4n) is 4.71. The lowest BCUT2D eigenvalue weighted by molar-refractivity contribution is -0.130. The van der Waals surface area contributed by atoms with Crippen molar-refractivity contribution in [1.82, 2.24) is 14.8 Å². The molecule has 8 heteroatoms. The smallest absolute Gasteiger partial charge is 0.325 e. The van der Waals surface area contributed by atoms with Gasteiger partial charge in [-0.1, -0.05) is 36.4 Å². The summed E-state index contributed by atoms with van der Waals surface area (Å²) >= 11 is 0. The van der Waals surface area contributed by atoms with Crippen LogP contribution in [-0.4, -0.2) is 46.9 Å². The number of imide groups is 1. The third kappa shape index (κ3) is 3.95. The van der Waals surface area contributed by atoms with Crippen molar-refractivity contribution in [1.29, 1.82) is 0 Å². The number of aryl methyl sites for hydroxylation is 1. The molecule has 2 aromatic carbocycles. The van der Waals surface area contributed by atoms with Gasteiger partial charge in [0, 0.05) is 23.5 Å². The zero-order valence-corrected chi connectivity index (χ0v) is 20.0. The minimum Gasteiger partial charge on any atom is -0.486 e. The van der Waals surface area contributed by atoms with Gasteiger partial charge in [-0.25, -0.2) is 4.79 Å². The van der Waals surface area contributed by atoms with Crippen LogP contribution < -0.4 is 14.8 Å². The number of carbonyl (C=O) groups is 3. The quantitative estimate of drug-likeness (QED) is 0.437. The maximum atomic E-state index is 13.4. The highest BCUT2D eigenvalue weighted by Crippen LogP contribution is 2.37. The maximum Gasteiger partial charge on any atom is 0.325 e. The Morgan fingerprint density at radius 2 is 1.71 bits per heavy atom. The fraction of sp³-hybridized carbons (Fsp3) is 0.296. The van der Waals surface area contributed by atoms with Gasteiger partial charge >= 0.3 is 6.03 Å². The Morgan fingerprint density at radius 1 is 1.00 bits per heavy atom. The second-order valence-electron chi connectivity index (χ2n) is 9.08. The Balaban J connectivity index is 1.36. The minimum atomic E-state index is -1.31. The van der Waals surface area contributed by atoms with Crippen molar-refractivity contribution < 1.29 is 23.9 Å². The summed E-state index contributed by atoms with van der Waals surface area (Å²) in [6.45, 7) is 6.64. The van der Waals surface area contributed by atoms with E-state index in [9.17, 15) is 14.4 Å². The number of urea groups is 1. The van der Waals surface area contributed by atoms with Gasteiger partial charge in [-0.05, 0) is 50.1 Å². The van der Waals surface area contributed by atoms with Crippen LogP contribution in [0.25, 0.3) is 0 Å². The van der Waals surface area contributed by atoms with E-state index in [1.165, 1.54) is 0 Å². The number of ketones is 1. The molecule has 1 fully saturated rings. The van der Waals surface area contributed by atoms with Gasteiger partial charge in [0.25, 0.3) is 5.91 Å². The van der Waals surface area contributed by atoms with Gasteiger partial charge in [0.05, 0.1) is 6.54 Å². The summed E-state index contributed by atoms with van der Waals surface area (Å²) < 4.78 is 13.2. The van der Waals surface area contributed by atoms with Crippen LogP contribution in [0.5, 0.6) is 11.5 Å². The molecule has 180 valence electrons. The van der Waals surface area contributed by atoms with Gasteiger partial charge in [-0.3, -0.25) is 14.5 Å². The molecule has 1 N–H and O–H groups in total. The van der Waals surface area contributed by atoms with E-state index in [0.29, 0.717) is 42.4 Å². The number of fused-ring (bicyclic) bond motifs is 1. The number of nitrogens with one attached hydrogen (secondary N) is 1. The summed E-state index contributed by atoms with van der Waals surface area (Å²) in [7, 11) is 0. The molecule has 35 heavy (non-hydrogen) atoms. The lowest BCUT2D eigenvalue weighted by atomic mass is 9.91. The Labute approximate surface area is 203 Å². The molecule has 1 atom stereocenters. The zero-order chi connectivity index (χ0) is 24.7. The number of carbonyl (C=O) groups excluding carboxylic acids is 3. The van der Waals surface area contributed by atoms with Crippen molar-refractivity contribution in [2.24, 2.45) is 0 Å². The molecule has 3 aromatic rings. The van der Waals surface area contributed by atoms with Crippen LogP contribution >= 0.6 is 0 Å². The molecule has 2 aliphatic heterocycles. The largest absolute Gasteiger partial charge is 0.486 e. The molecule has 3 heterocycles. The van der Waals surface area contributed by atoms with Gasteiger partial charge in [-0.2, -0.15) is 0 Å². The Morgan fingerprint density at radius 3 is 2.46 bits per heavy atom. The number of hydrogen-bond acceptors (Lipinski definition) is 5. The van der Waals surface area contributed by atoms with Crippen molar-refractivity contribution in [3.8, 4) is 11.5 Å². The van der Waals surface area contributed by atoms with E-state index in [4.69, 9.17) is 9.47 Å². The van der Waals surface area contributed by atoms with E-state index in [1.807, 2.05) is 50.2 Å². The Kier molecular flexibility index (Phi) is 5.59. The van der Waals surface area contributed by atoms with Crippen molar-refractivity contribution in [2.75, 3.05) is 19.8 Å². The van der Waals surface area contributed by atoms with E-state index < -0.39 is 17.5 Å². The van der Waals surface area contributed by atoms with Crippen molar-refractivity contribution >= 4 is 17.7 Å². The van der Waals surface area contributed by atoms with Crippen LogP contribution in [0.3, 0.4) is 0 Å². The average molecular weight is 474 g/mol. The Hall–Kier alpha value is -4.07. The monoisotopic (exact) mass is 473 g/mol. The van der Waals surface area contributed by atoms with Crippen LogP contribution in [-0.2, 0) is 16.9 Å².